The van der Waals surface area contributed by atoms with Gasteiger partial charge in [-0.3, -0.25) is 9.13 Å². The van der Waals surface area contributed by atoms with Crippen LogP contribution in [0.25, 0.3) is 0 Å². The third-order valence-corrected chi connectivity index (χ3v) is 5.13. The number of carboxylic acid groups (broad SMARTS) is 1. The SMILES string of the molecule is NC(/C=C/C(=O)O)(P(=O)(O)O)P(=O)(O)O. The van der Waals surface area contributed by atoms with E-state index in [1.165, 1.54) is 0 Å². The van der Waals surface area contributed by atoms with Crippen molar-refractivity contribution in [3.63, 3.8) is 0 Å². The van der Waals surface area contributed by atoms with Gasteiger partial charge in [0.15, 0.2) is 0 Å². The molecule has 88 valence electrons. The molecule has 0 aromatic rings. The van der Waals surface area contributed by atoms with E-state index in [-0.39, 0.29) is 12.2 Å². The molecule has 0 unspecified atom stereocenters. The Labute approximate surface area is 83.5 Å². The van der Waals surface area contributed by atoms with E-state index in [0.717, 1.165) is 0 Å². The van der Waals surface area contributed by atoms with Crippen molar-refractivity contribution in [1.29, 1.82) is 0 Å². The molecular formula is C4H9NO8P2. The third-order valence-electron chi connectivity index (χ3n) is 1.40. The van der Waals surface area contributed by atoms with Gasteiger partial charge in [-0.2, -0.15) is 0 Å². The molecule has 0 aliphatic rings. The van der Waals surface area contributed by atoms with E-state index in [4.69, 9.17) is 30.4 Å². The van der Waals surface area contributed by atoms with Crippen LogP contribution in [0.2, 0.25) is 0 Å². The number of hydrogen-bond acceptors (Lipinski definition) is 4. The van der Waals surface area contributed by atoms with Crippen LogP contribution >= 0.6 is 15.2 Å². The van der Waals surface area contributed by atoms with Gasteiger partial charge in [0.1, 0.15) is 0 Å². The first kappa shape index (κ1) is 14.5. The second-order valence-electron chi connectivity index (χ2n) is 2.54. The molecule has 0 fully saturated rings. The normalized spacial score (nSPS) is 14.5. The van der Waals surface area contributed by atoms with Gasteiger partial charge in [0.25, 0.3) is 0 Å². The summed E-state index contributed by atoms with van der Waals surface area (Å²) in [5, 5.41) is 4.84. The molecule has 0 radical (unpaired) electrons. The summed E-state index contributed by atoms with van der Waals surface area (Å²) < 4.78 is 21.5. The van der Waals surface area contributed by atoms with E-state index in [2.05, 4.69) is 0 Å². The Morgan fingerprint density at radius 3 is 1.67 bits per heavy atom. The number of carboxylic acids is 1. The van der Waals surface area contributed by atoms with E-state index in [9.17, 15) is 13.9 Å². The minimum Gasteiger partial charge on any atom is -0.478 e. The minimum atomic E-state index is -5.40. The lowest BCUT2D eigenvalue weighted by atomic mass is 10.5. The fourth-order valence-electron chi connectivity index (χ4n) is 0.558. The van der Waals surface area contributed by atoms with E-state index < -0.39 is 26.2 Å². The van der Waals surface area contributed by atoms with Crippen LogP contribution in [0.3, 0.4) is 0 Å². The fraction of sp³-hybridized carbons (Fsp3) is 0.250. The molecule has 15 heavy (non-hydrogen) atoms. The van der Waals surface area contributed by atoms with E-state index in [0.29, 0.717) is 0 Å². The second kappa shape index (κ2) is 4.15. The van der Waals surface area contributed by atoms with Gasteiger partial charge in [0, 0.05) is 6.08 Å². The molecule has 0 saturated carbocycles. The molecular weight excluding hydrogens is 252 g/mol. The Morgan fingerprint density at radius 1 is 1.13 bits per heavy atom. The number of carbonyl (C=O) groups is 1. The predicted molar refractivity (Wildman–Crippen MR) is 47.8 cm³/mol. The van der Waals surface area contributed by atoms with Gasteiger partial charge < -0.3 is 30.4 Å². The standard InChI is InChI=1S/C4H9NO8P2/c5-4(14(8,9)10,15(11,12)13)2-1-3(6)7/h1-2H,5H2,(H,6,7)(H2,8,9,10)(H2,11,12,13)/b2-1+. The van der Waals surface area contributed by atoms with Crippen molar-refractivity contribution in [1.82, 2.24) is 0 Å². The van der Waals surface area contributed by atoms with Gasteiger partial charge in [0.05, 0.1) is 0 Å². The molecule has 0 rings (SSSR count). The molecule has 0 aromatic carbocycles. The van der Waals surface area contributed by atoms with Gasteiger partial charge in [-0.25, -0.2) is 4.79 Å². The lowest BCUT2D eigenvalue weighted by molar-refractivity contribution is -0.131. The predicted octanol–water partition coefficient (Wildman–Crippen LogP) is -1.40. The van der Waals surface area contributed by atoms with Crippen LogP contribution in [0, 0.1) is 0 Å². The first-order chi connectivity index (χ1) is 6.42. The summed E-state index contributed by atoms with van der Waals surface area (Å²) >= 11 is 0. The van der Waals surface area contributed by atoms with Gasteiger partial charge in [-0.15, -0.1) is 0 Å². The Hall–Kier alpha value is -0.530. The van der Waals surface area contributed by atoms with Gasteiger partial charge in [-0.05, 0) is 6.08 Å². The van der Waals surface area contributed by atoms with Gasteiger partial charge >= 0.3 is 21.2 Å². The highest BCUT2D eigenvalue weighted by Crippen LogP contribution is 2.66. The Kier molecular flexibility index (Phi) is 4.00. The number of aliphatic carboxylic acids is 1. The van der Waals surface area contributed by atoms with Crippen LogP contribution in [0.1, 0.15) is 0 Å². The minimum absolute atomic E-state index is 0.0802. The molecule has 0 atom stereocenters. The highest BCUT2D eigenvalue weighted by atomic mass is 31.2. The van der Waals surface area contributed by atoms with Crippen LogP contribution in [0.5, 0.6) is 0 Å². The highest BCUT2D eigenvalue weighted by molar-refractivity contribution is 7.72. The van der Waals surface area contributed by atoms with Crippen LogP contribution in [0.15, 0.2) is 12.2 Å². The molecule has 0 aromatic heterocycles. The number of hydrogen-bond donors (Lipinski definition) is 6. The summed E-state index contributed by atoms with van der Waals surface area (Å²) in [6, 6.07) is 0. The van der Waals surface area contributed by atoms with Gasteiger partial charge in [0.2, 0.25) is 5.02 Å². The van der Waals surface area contributed by atoms with E-state index in [1.807, 2.05) is 0 Å². The molecule has 0 amide bonds. The van der Waals surface area contributed by atoms with Crippen molar-refractivity contribution in [2.24, 2.45) is 5.73 Å². The first-order valence-electron chi connectivity index (χ1n) is 3.24. The van der Waals surface area contributed by atoms with Crippen LogP contribution in [-0.2, 0) is 13.9 Å². The fourth-order valence-corrected chi connectivity index (χ4v) is 2.45. The van der Waals surface area contributed by atoms with E-state index >= 15 is 0 Å². The lowest BCUT2D eigenvalue weighted by Gasteiger charge is -2.26. The summed E-state index contributed by atoms with van der Waals surface area (Å²) in [5.74, 6) is -1.65. The lowest BCUT2D eigenvalue weighted by Crippen LogP contribution is -2.37. The van der Waals surface area contributed by atoms with Crippen molar-refractivity contribution < 1.29 is 38.6 Å². The smallest absolute Gasteiger partial charge is 0.361 e. The second-order valence-corrected chi connectivity index (χ2v) is 6.55. The maximum atomic E-state index is 10.7. The zero-order chi connectivity index (χ0) is 12.5. The molecule has 0 aliphatic heterocycles. The summed E-state index contributed by atoms with van der Waals surface area (Å²) in [5.41, 5.74) is 4.82. The van der Waals surface area contributed by atoms with Crippen molar-refractivity contribution in [2.45, 2.75) is 5.02 Å². The largest absolute Gasteiger partial charge is 0.478 e. The molecule has 0 spiro atoms. The molecule has 11 heteroatoms. The molecule has 9 nitrogen and oxygen atoms in total. The van der Waals surface area contributed by atoms with E-state index in [1.54, 1.807) is 0 Å². The topological polar surface area (TPSA) is 178 Å². The molecule has 7 N–H and O–H groups in total. The van der Waals surface area contributed by atoms with Crippen molar-refractivity contribution in [3.8, 4) is 0 Å². The first-order valence-corrected chi connectivity index (χ1v) is 6.46. The molecule has 0 saturated heterocycles. The molecule has 0 heterocycles. The van der Waals surface area contributed by atoms with Crippen molar-refractivity contribution >= 4 is 21.2 Å². The highest BCUT2D eigenvalue weighted by Gasteiger charge is 2.55. The summed E-state index contributed by atoms with van der Waals surface area (Å²) in [4.78, 5) is 44.6. The summed E-state index contributed by atoms with van der Waals surface area (Å²) in [6.07, 6.45) is 0.231. The summed E-state index contributed by atoms with van der Waals surface area (Å²) in [7, 11) is -10.8. The molecule has 0 bridgehead atoms. The van der Waals surface area contributed by atoms with Crippen LogP contribution in [0.4, 0.5) is 0 Å². The van der Waals surface area contributed by atoms with Crippen LogP contribution < -0.4 is 5.73 Å². The van der Waals surface area contributed by atoms with Gasteiger partial charge in [-0.1, -0.05) is 0 Å². The molecule has 0 aliphatic carbocycles. The Morgan fingerprint density at radius 2 is 1.47 bits per heavy atom. The maximum absolute atomic E-state index is 10.7. The average molecular weight is 261 g/mol. The summed E-state index contributed by atoms with van der Waals surface area (Å²) in [6.45, 7) is 0. The zero-order valence-corrected chi connectivity index (χ0v) is 8.88. The van der Waals surface area contributed by atoms with Crippen molar-refractivity contribution in [3.05, 3.63) is 12.2 Å². The monoisotopic (exact) mass is 261 g/mol. The quantitative estimate of drug-likeness (QED) is 0.262. The Bertz CT molecular complexity index is 354. The Balaban J connectivity index is 5.55. The number of nitrogens with two attached hydrogens (primary N) is 1. The zero-order valence-electron chi connectivity index (χ0n) is 7.09. The van der Waals surface area contributed by atoms with Crippen molar-refractivity contribution in [2.75, 3.05) is 0 Å². The maximum Gasteiger partial charge on any atom is 0.361 e. The number of rotatable bonds is 4. The third kappa shape index (κ3) is 3.22. The average Bonchev–Trinajstić information content (AvgIpc) is 1.95. The van der Waals surface area contributed by atoms with Crippen LogP contribution in [-0.4, -0.2) is 35.7 Å².